The lowest BCUT2D eigenvalue weighted by atomic mass is 9.87. The summed E-state index contributed by atoms with van der Waals surface area (Å²) >= 11 is 0. The first kappa shape index (κ1) is 21.1. The molecule has 1 amide bonds. The third-order valence-electron chi connectivity index (χ3n) is 4.17. The second-order valence-corrected chi connectivity index (χ2v) is 7.19. The quantitative estimate of drug-likeness (QED) is 0.819. The molecule has 0 aromatic heterocycles. The van der Waals surface area contributed by atoms with E-state index in [-0.39, 0.29) is 34.8 Å². The Bertz CT molecular complexity index is 852. The smallest absolute Gasteiger partial charge is 0.411 e. The summed E-state index contributed by atoms with van der Waals surface area (Å²) in [5, 5.41) is 13.8. The van der Waals surface area contributed by atoms with Gasteiger partial charge in [-0.15, -0.1) is 0 Å². The molecule has 0 heterocycles. The normalized spacial score (nSPS) is 10.9. The lowest BCUT2D eigenvalue weighted by Gasteiger charge is -2.19. The van der Waals surface area contributed by atoms with Crippen LogP contribution in [0.5, 0.6) is 11.5 Å². The van der Waals surface area contributed by atoms with Gasteiger partial charge in [-0.25, -0.2) is 4.79 Å². The monoisotopic (exact) mass is 386 g/mol. The first-order valence-electron chi connectivity index (χ1n) is 8.66. The zero-order chi connectivity index (χ0) is 20.9. The molecule has 0 spiro atoms. The summed E-state index contributed by atoms with van der Waals surface area (Å²) in [6, 6.07) is 10.3. The molecule has 7 nitrogen and oxygen atoms in total. The number of carboxylic acids is 1. The largest absolute Gasteiger partial charge is 0.545 e. The lowest BCUT2D eigenvalue weighted by molar-refractivity contribution is -0.254. The van der Waals surface area contributed by atoms with Gasteiger partial charge >= 0.3 is 6.09 Å². The number of rotatable bonds is 6. The third-order valence-corrected chi connectivity index (χ3v) is 4.17. The first-order chi connectivity index (χ1) is 13.2. The van der Waals surface area contributed by atoms with Gasteiger partial charge in [0.1, 0.15) is 6.61 Å². The van der Waals surface area contributed by atoms with Crippen molar-refractivity contribution in [2.45, 2.75) is 32.8 Å². The molecule has 0 fully saturated rings. The van der Waals surface area contributed by atoms with E-state index < -0.39 is 12.1 Å². The predicted molar refractivity (Wildman–Crippen MR) is 103 cm³/mol. The molecule has 0 aliphatic rings. The number of methoxy groups -OCH3 is 2. The van der Waals surface area contributed by atoms with Crippen molar-refractivity contribution in [3.8, 4) is 11.5 Å². The zero-order valence-corrected chi connectivity index (χ0v) is 16.6. The van der Waals surface area contributed by atoms with Crippen LogP contribution < -0.4 is 19.9 Å². The van der Waals surface area contributed by atoms with E-state index in [1.54, 1.807) is 0 Å². The summed E-state index contributed by atoms with van der Waals surface area (Å²) < 4.78 is 15.4. The van der Waals surface area contributed by atoms with E-state index in [1.807, 2.05) is 24.3 Å². The first-order valence-corrected chi connectivity index (χ1v) is 8.66. The van der Waals surface area contributed by atoms with Crippen LogP contribution in [-0.2, 0) is 16.8 Å². The van der Waals surface area contributed by atoms with Crippen molar-refractivity contribution in [1.82, 2.24) is 0 Å². The number of ether oxygens (including phenoxy) is 3. The Morgan fingerprint density at radius 1 is 1.00 bits per heavy atom. The minimum Gasteiger partial charge on any atom is -0.545 e. The fourth-order valence-electron chi connectivity index (χ4n) is 2.55. The van der Waals surface area contributed by atoms with Gasteiger partial charge in [0, 0.05) is 11.6 Å². The van der Waals surface area contributed by atoms with E-state index >= 15 is 0 Å². The highest BCUT2D eigenvalue weighted by molar-refractivity contribution is 5.98. The zero-order valence-electron chi connectivity index (χ0n) is 16.6. The van der Waals surface area contributed by atoms with E-state index in [0.29, 0.717) is 0 Å². The highest BCUT2D eigenvalue weighted by Gasteiger charge is 2.16. The molecule has 0 bridgehead atoms. The van der Waals surface area contributed by atoms with Crippen molar-refractivity contribution in [2.24, 2.45) is 0 Å². The van der Waals surface area contributed by atoms with E-state index in [4.69, 9.17) is 14.2 Å². The van der Waals surface area contributed by atoms with Crippen LogP contribution in [0.4, 0.5) is 10.5 Å². The van der Waals surface area contributed by atoms with E-state index in [2.05, 4.69) is 26.1 Å². The standard InChI is InChI=1S/C21H25NO6/c1-21(2,3)14-8-6-13(7-9-14)12-28-20(25)22-16-11-18(27-5)17(26-4)10-15(16)19(23)24/h6-11H,12H2,1-5H3,(H,22,25)(H,23,24)/p-1. The van der Waals surface area contributed by atoms with Crippen molar-refractivity contribution in [1.29, 1.82) is 0 Å². The fraction of sp³-hybridized carbons (Fsp3) is 0.333. The van der Waals surface area contributed by atoms with Crippen molar-refractivity contribution < 1.29 is 28.9 Å². The number of amides is 1. The molecule has 2 aromatic carbocycles. The minimum atomic E-state index is -1.46. The van der Waals surface area contributed by atoms with Crippen molar-refractivity contribution in [2.75, 3.05) is 19.5 Å². The van der Waals surface area contributed by atoms with Gasteiger partial charge in [0.25, 0.3) is 0 Å². The average Bonchev–Trinajstić information content (AvgIpc) is 2.65. The topological polar surface area (TPSA) is 96.9 Å². The molecule has 2 aromatic rings. The summed E-state index contributed by atoms with van der Waals surface area (Å²) in [5.74, 6) is -0.992. The molecule has 0 aliphatic heterocycles. The summed E-state index contributed by atoms with van der Waals surface area (Å²) in [7, 11) is 2.78. The molecule has 0 atom stereocenters. The summed E-state index contributed by atoms with van der Waals surface area (Å²) in [5.41, 5.74) is 1.76. The molecule has 0 saturated heterocycles. The molecule has 0 aliphatic carbocycles. The number of anilines is 1. The van der Waals surface area contributed by atoms with Gasteiger partial charge in [-0.05, 0) is 22.6 Å². The second kappa shape index (κ2) is 8.65. The Kier molecular flexibility index (Phi) is 6.51. The van der Waals surface area contributed by atoms with Crippen molar-refractivity contribution in [3.63, 3.8) is 0 Å². The van der Waals surface area contributed by atoms with Gasteiger partial charge in [0.15, 0.2) is 11.5 Å². The third kappa shape index (κ3) is 5.16. The molecule has 1 N–H and O–H groups in total. The van der Waals surface area contributed by atoms with E-state index in [9.17, 15) is 14.7 Å². The Morgan fingerprint density at radius 2 is 1.57 bits per heavy atom. The Labute approximate surface area is 164 Å². The summed E-state index contributed by atoms with van der Waals surface area (Å²) in [6.07, 6.45) is -0.797. The lowest BCUT2D eigenvalue weighted by Crippen LogP contribution is -2.25. The van der Waals surface area contributed by atoms with Crippen molar-refractivity contribution >= 4 is 17.7 Å². The van der Waals surface area contributed by atoms with E-state index in [0.717, 1.165) is 5.56 Å². The van der Waals surface area contributed by atoms with Crippen LogP contribution >= 0.6 is 0 Å². The fourth-order valence-corrected chi connectivity index (χ4v) is 2.55. The van der Waals surface area contributed by atoms with Crippen LogP contribution in [0.3, 0.4) is 0 Å². The van der Waals surface area contributed by atoms with Crippen LogP contribution in [0.25, 0.3) is 0 Å². The molecule has 0 radical (unpaired) electrons. The second-order valence-electron chi connectivity index (χ2n) is 7.19. The number of carbonyl (C=O) groups excluding carboxylic acids is 2. The van der Waals surface area contributed by atoms with Crippen LogP contribution in [0.15, 0.2) is 36.4 Å². The number of carbonyl (C=O) groups is 2. The number of hydrogen-bond donors (Lipinski definition) is 1. The molecule has 150 valence electrons. The molecule has 0 unspecified atom stereocenters. The van der Waals surface area contributed by atoms with Gasteiger partial charge in [0.05, 0.1) is 25.9 Å². The number of aromatic carboxylic acids is 1. The Balaban J connectivity index is 2.09. The maximum absolute atomic E-state index is 12.1. The van der Waals surface area contributed by atoms with Crippen LogP contribution in [0, 0.1) is 0 Å². The number of nitrogens with one attached hydrogen (secondary N) is 1. The number of carboxylic acid groups (broad SMARTS) is 1. The van der Waals surface area contributed by atoms with Gasteiger partial charge in [-0.3, -0.25) is 5.32 Å². The maximum Gasteiger partial charge on any atom is 0.411 e. The van der Waals surface area contributed by atoms with Gasteiger partial charge < -0.3 is 24.1 Å². The van der Waals surface area contributed by atoms with Crippen LogP contribution in [0.2, 0.25) is 0 Å². The predicted octanol–water partition coefficient (Wildman–Crippen LogP) is 3.11. The van der Waals surface area contributed by atoms with Crippen LogP contribution in [0.1, 0.15) is 42.3 Å². The highest BCUT2D eigenvalue weighted by atomic mass is 16.5. The maximum atomic E-state index is 12.1. The molecular weight excluding hydrogens is 362 g/mol. The highest BCUT2D eigenvalue weighted by Crippen LogP contribution is 2.33. The summed E-state index contributed by atoms with van der Waals surface area (Å²) in [4.78, 5) is 23.5. The number of benzene rings is 2. The van der Waals surface area contributed by atoms with Gasteiger partial charge in [-0.2, -0.15) is 0 Å². The molecular formula is C21H24NO6-. The minimum absolute atomic E-state index is 0.00858. The van der Waals surface area contributed by atoms with Crippen LogP contribution in [-0.4, -0.2) is 26.3 Å². The SMILES string of the molecule is COc1cc(NC(=O)OCc2ccc(C(C)(C)C)cc2)c(C(=O)[O-])cc1OC. The van der Waals surface area contributed by atoms with Gasteiger partial charge in [-0.1, -0.05) is 45.0 Å². The Hall–Kier alpha value is -3.22. The summed E-state index contributed by atoms with van der Waals surface area (Å²) in [6.45, 7) is 6.39. The molecule has 2 rings (SSSR count). The van der Waals surface area contributed by atoms with Crippen molar-refractivity contribution in [3.05, 3.63) is 53.1 Å². The van der Waals surface area contributed by atoms with Gasteiger partial charge in [0.2, 0.25) is 0 Å². The molecule has 0 saturated carbocycles. The Morgan fingerprint density at radius 3 is 2.07 bits per heavy atom. The number of hydrogen-bond acceptors (Lipinski definition) is 6. The van der Waals surface area contributed by atoms with E-state index in [1.165, 1.54) is 31.9 Å². The molecule has 7 heteroatoms. The molecule has 28 heavy (non-hydrogen) atoms. The average molecular weight is 386 g/mol.